The Morgan fingerprint density at radius 3 is 2.04 bits per heavy atom. The minimum Gasteiger partial charge on any atom is -0.477 e. The SMILES string of the molecule is NCC[N+](CC(=O)O)(CC(=O)O)S(=O)(=O)c1ccc2ccccc2c1. The number of carboxylic acid groups (broad SMARTS) is 2. The number of rotatable bonds is 8. The highest BCUT2D eigenvalue weighted by molar-refractivity contribution is 7.86. The fourth-order valence-corrected chi connectivity index (χ4v) is 4.65. The Morgan fingerprint density at radius 1 is 0.960 bits per heavy atom. The van der Waals surface area contributed by atoms with Gasteiger partial charge in [-0.05, 0) is 22.9 Å². The van der Waals surface area contributed by atoms with E-state index in [9.17, 15) is 18.0 Å². The highest BCUT2D eigenvalue weighted by Crippen LogP contribution is 2.27. The van der Waals surface area contributed by atoms with E-state index in [1.54, 1.807) is 24.3 Å². The summed E-state index contributed by atoms with van der Waals surface area (Å²) in [7, 11) is -4.31. The lowest BCUT2D eigenvalue weighted by atomic mass is 10.1. The Labute approximate surface area is 144 Å². The summed E-state index contributed by atoms with van der Waals surface area (Å²) in [5.41, 5.74) is 5.47. The van der Waals surface area contributed by atoms with E-state index in [1.807, 2.05) is 6.07 Å². The molecule has 9 heteroatoms. The molecule has 0 aliphatic rings. The Morgan fingerprint density at radius 2 is 1.52 bits per heavy atom. The van der Waals surface area contributed by atoms with Gasteiger partial charge in [-0.2, -0.15) is 12.3 Å². The summed E-state index contributed by atoms with van der Waals surface area (Å²) in [5.74, 6) is -2.84. The molecule has 0 aromatic heterocycles. The van der Waals surface area contributed by atoms with Crippen LogP contribution in [0.2, 0.25) is 0 Å². The van der Waals surface area contributed by atoms with Gasteiger partial charge in [0.1, 0.15) is 11.4 Å². The number of sulfonamides is 1. The van der Waals surface area contributed by atoms with Crippen molar-refractivity contribution < 1.29 is 32.1 Å². The fraction of sp³-hybridized carbons (Fsp3) is 0.250. The summed E-state index contributed by atoms with van der Waals surface area (Å²) in [6, 6.07) is 11.4. The van der Waals surface area contributed by atoms with Crippen molar-refractivity contribution in [3.8, 4) is 0 Å². The van der Waals surface area contributed by atoms with Crippen LogP contribution in [0.3, 0.4) is 0 Å². The minimum absolute atomic E-state index is 0.137. The lowest BCUT2D eigenvalue weighted by Crippen LogP contribution is -2.59. The third-order valence-corrected chi connectivity index (χ3v) is 6.22. The highest BCUT2D eigenvalue weighted by Gasteiger charge is 2.46. The minimum atomic E-state index is -4.31. The maximum atomic E-state index is 13.1. The summed E-state index contributed by atoms with van der Waals surface area (Å²) in [6.45, 7) is -2.28. The van der Waals surface area contributed by atoms with Gasteiger partial charge in [-0.25, -0.2) is 9.59 Å². The van der Waals surface area contributed by atoms with Crippen LogP contribution >= 0.6 is 0 Å². The van der Waals surface area contributed by atoms with Gasteiger partial charge in [0.05, 0.1) is 0 Å². The molecular weight excluding hydrogens is 348 g/mol. The van der Waals surface area contributed by atoms with Crippen molar-refractivity contribution in [2.75, 3.05) is 26.2 Å². The van der Waals surface area contributed by atoms with Crippen molar-refractivity contribution >= 4 is 32.7 Å². The zero-order valence-electron chi connectivity index (χ0n) is 13.3. The Hall–Kier alpha value is -2.49. The van der Waals surface area contributed by atoms with Crippen LogP contribution in [0.5, 0.6) is 0 Å². The van der Waals surface area contributed by atoms with Crippen LogP contribution < -0.4 is 5.73 Å². The van der Waals surface area contributed by atoms with Gasteiger partial charge in [0, 0.05) is 6.54 Å². The molecule has 0 aliphatic carbocycles. The van der Waals surface area contributed by atoms with E-state index in [0.717, 1.165) is 5.39 Å². The molecule has 2 aromatic carbocycles. The summed E-state index contributed by atoms with van der Waals surface area (Å²) in [6.07, 6.45) is 0. The van der Waals surface area contributed by atoms with E-state index < -0.39 is 38.9 Å². The van der Waals surface area contributed by atoms with E-state index in [0.29, 0.717) is 5.39 Å². The topological polar surface area (TPSA) is 135 Å². The van der Waals surface area contributed by atoms with Crippen LogP contribution in [0.25, 0.3) is 10.8 Å². The molecule has 25 heavy (non-hydrogen) atoms. The van der Waals surface area contributed by atoms with Gasteiger partial charge in [0.15, 0.2) is 13.1 Å². The van der Waals surface area contributed by atoms with Crippen molar-refractivity contribution in [1.29, 1.82) is 0 Å². The number of hydrogen-bond donors (Lipinski definition) is 3. The van der Waals surface area contributed by atoms with Gasteiger partial charge >= 0.3 is 22.0 Å². The molecule has 8 nitrogen and oxygen atoms in total. The number of fused-ring (bicyclic) bond motifs is 1. The number of hydrogen-bond acceptors (Lipinski definition) is 5. The molecule has 2 aromatic rings. The first-order valence-corrected chi connectivity index (χ1v) is 8.89. The van der Waals surface area contributed by atoms with Crippen LogP contribution in [0.1, 0.15) is 0 Å². The molecule has 0 amide bonds. The fourth-order valence-electron chi connectivity index (χ4n) is 2.78. The van der Waals surface area contributed by atoms with Crippen LogP contribution in [0.4, 0.5) is 0 Å². The maximum absolute atomic E-state index is 13.1. The first kappa shape index (κ1) is 18.8. The van der Waals surface area contributed by atoms with Gasteiger partial charge in [-0.1, -0.05) is 30.3 Å². The third kappa shape index (κ3) is 3.78. The normalized spacial score (nSPS) is 12.2. The second-order valence-corrected chi connectivity index (χ2v) is 7.85. The van der Waals surface area contributed by atoms with Crippen LogP contribution in [-0.2, 0) is 19.6 Å². The molecule has 0 unspecified atom stereocenters. The number of quaternary nitrogens is 1. The Kier molecular flexibility index (Phi) is 5.41. The molecule has 0 fully saturated rings. The molecule has 0 radical (unpaired) electrons. The predicted molar refractivity (Wildman–Crippen MR) is 90.3 cm³/mol. The van der Waals surface area contributed by atoms with E-state index >= 15 is 0 Å². The molecule has 0 heterocycles. The maximum Gasteiger partial charge on any atom is 0.360 e. The molecule has 0 aliphatic heterocycles. The third-order valence-electron chi connectivity index (χ3n) is 3.91. The average Bonchev–Trinajstić information content (AvgIpc) is 2.53. The lowest BCUT2D eigenvalue weighted by Gasteiger charge is -2.33. The van der Waals surface area contributed by atoms with E-state index in [-0.39, 0.29) is 18.0 Å². The summed E-state index contributed by atoms with van der Waals surface area (Å²) >= 11 is 0. The van der Waals surface area contributed by atoms with Gasteiger partial charge in [0.25, 0.3) is 0 Å². The van der Waals surface area contributed by atoms with Crippen LogP contribution in [0.15, 0.2) is 47.4 Å². The number of benzene rings is 2. The molecular formula is C16H19N2O6S+. The summed E-state index contributed by atoms with van der Waals surface area (Å²) < 4.78 is 25.1. The van der Waals surface area contributed by atoms with Crippen molar-refractivity contribution in [2.24, 2.45) is 5.73 Å². The van der Waals surface area contributed by atoms with Crippen LogP contribution in [0, 0.1) is 0 Å². The first-order valence-electron chi connectivity index (χ1n) is 7.45. The van der Waals surface area contributed by atoms with Crippen molar-refractivity contribution in [3.05, 3.63) is 42.5 Å². The summed E-state index contributed by atoms with van der Waals surface area (Å²) in [5, 5.41) is 19.8. The average molecular weight is 367 g/mol. The molecule has 0 saturated heterocycles. The molecule has 0 bridgehead atoms. The zero-order chi connectivity index (χ0) is 18.7. The van der Waals surface area contributed by atoms with E-state index in [1.165, 1.54) is 12.1 Å². The predicted octanol–water partition coefficient (Wildman–Crippen LogP) is 0.473. The van der Waals surface area contributed by atoms with Gasteiger partial charge in [-0.15, -0.1) is 0 Å². The van der Waals surface area contributed by atoms with Gasteiger partial charge in [0.2, 0.25) is 0 Å². The number of carbonyl (C=O) groups is 2. The number of nitrogens with zero attached hydrogens (tertiary/aromatic N) is 1. The first-order chi connectivity index (χ1) is 11.7. The van der Waals surface area contributed by atoms with E-state index in [4.69, 9.17) is 15.9 Å². The molecule has 0 atom stereocenters. The van der Waals surface area contributed by atoms with Crippen LogP contribution in [-0.4, -0.2) is 60.6 Å². The molecule has 134 valence electrons. The standard InChI is InChI=1S/C16H18N2O6S/c17-7-8-18(10-15(19)20,11-16(21)22)25(23,24)14-6-5-12-3-1-2-4-13(12)9-14/h1-6,9H,7-8,10-11,17H2,(H-,19,20,21,22)/p+1. The van der Waals surface area contributed by atoms with Gasteiger partial charge < -0.3 is 15.9 Å². The molecule has 0 spiro atoms. The highest BCUT2D eigenvalue weighted by atomic mass is 32.2. The van der Waals surface area contributed by atoms with Crippen molar-refractivity contribution in [3.63, 3.8) is 0 Å². The van der Waals surface area contributed by atoms with Crippen molar-refractivity contribution in [2.45, 2.75) is 4.90 Å². The number of nitrogens with two attached hydrogens (primary N) is 1. The van der Waals surface area contributed by atoms with E-state index in [2.05, 4.69) is 0 Å². The Balaban J connectivity index is 2.65. The number of carboxylic acids is 2. The monoisotopic (exact) mass is 367 g/mol. The molecule has 0 saturated carbocycles. The second kappa shape index (κ2) is 7.18. The van der Waals surface area contributed by atoms with Crippen molar-refractivity contribution in [1.82, 2.24) is 0 Å². The molecule has 4 N–H and O–H groups in total. The molecule has 2 rings (SSSR count). The smallest absolute Gasteiger partial charge is 0.360 e. The quantitative estimate of drug-likeness (QED) is 0.577. The second-order valence-electron chi connectivity index (χ2n) is 5.66. The number of aliphatic carboxylic acids is 2. The van der Waals surface area contributed by atoms with Gasteiger partial charge in [-0.3, -0.25) is 0 Å². The largest absolute Gasteiger partial charge is 0.477 e. The summed E-state index contributed by atoms with van der Waals surface area (Å²) in [4.78, 5) is 22.4. The Bertz CT molecular complexity index is 894. The lowest BCUT2D eigenvalue weighted by molar-refractivity contribution is -0.789. The zero-order valence-corrected chi connectivity index (χ0v) is 14.1.